The van der Waals surface area contributed by atoms with Gasteiger partial charge in [-0.15, -0.1) is 0 Å². The smallest absolute Gasteiger partial charge is 0.330 e. The number of carbonyl (C=O) groups is 3. The van der Waals surface area contributed by atoms with E-state index >= 15 is 0 Å². The first-order valence-corrected chi connectivity index (χ1v) is 9.85. The van der Waals surface area contributed by atoms with Gasteiger partial charge in [-0.1, -0.05) is 36.8 Å². The summed E-state index contributed by atoms with van der Waals surface area (Å²) in [4.78, 5) is 34.9. The molecule has 4 atom stereocenters. The molecule has 0 saturated carbocycles. The Bertz CT molecular complexity index is 670. The first-order chi connectivity index (χ1) is 12.5. The summed E-state index contributed by atoms with van der Waals surface area (Å²) in [6.45, 7) is 0. The lowest BCUT2D eigenvalue weighted by molar-refractivity contribution is -0.142. The van der Waals surface area contributed by atoms with Gasteiger partial charge in [-0.25, -0.2) is 9.59 Å². The van der Waals surface area contributed by atoms with Crippen molar-refractivity contribution in [2.45, 2.75) is 49.1 Å². The van der Waals surface area contributed by atoms with Crippen molar-refractivity contribution in [3.63, 3.8) is 0 Å². The molecule has 2 fully saturated rings. The summed E-state index contributed by atoms with van der Waals surface area (Å²) >= 11 is 1.85. The molecular formula is C18H23N3O4S. The number of fused-ring (bicyclic) bond motifs is 1. The third kappa shape index (κ3) is 4.49. The zero-order chi connectivity index (χ0) is 18.5. The number of rotatable bonds is 8. The molecular weight excluding hydrogens is 354 g/mol. The topological polar surface area (TPSA) is 108 Å². The van der Waals surface area contributed by atoms with E-state index in [0.717, 1.165) is 18.6 Å². The van der Waals surface area contributed by atoms with Gasteiger partial charge in [-0.3, -0.25) is 4.79 Å². The molecule has 0 aromatic heterocycles. The van der Waals surface area contributed by atoms with Crippen LogP contribution in [0, 0.1) is 0 Å². The van der Waals surface area contributed by atoms with Gasteiger partial charge >= 0.3 is 12.0 Å². The van der Waals surface area contributed by atoms with Gasteiger partial charge in [0.2, 0.25) is 5.91 Å². The maximum atomic E-state index is 12.1. The molecule has 2 heterocycles. The Balaban J connectivity index is 1.40. The molecule has 2 aliphatic heterocycles. The Morgan fingerprint density at radius 1 is 1.23 bits per heavy atom. The number of nitrogens with one attached hydrogen (secondary N) is 3. The lowest BCUT2D eigenvalue weighted by atomic mass is 10.0. The Morgan fingerprint density at radius 3 is 2.73 bits per heavy atom. The highest BCUT2D eigenvalue weighted by molar-refractivity contribution is 8.00. The Hall–Kier alpha value is -2.22. The van der Waals surface area contributed by atoms with E-state index in [4.69, 9.17) is 0 Å². The van der Waals surface area contributed by atoms with E-state index in [-0.39, 0.29) is 24.0 Å². The fourth-order valence-electron chi connectivity index (χ4n) is 3.44. The first-order valence-electron chi connectivity index (χ1n) is 8.80. The van der Waals surface area contributed by atoms with Gasteiger partial charge in [0.05, 0.1) is 12.1 Å². The first kappa shape index (κ1) is 18.6. The number of hydrogen-bond acceptors (Lipinski definition) is 4. The van der Waals surface area contributed by atoms with E-state index in [1.54, 1.807) is 30.3 Å². The summed E-state index contributed by atoms with van der Waals surface area (Å²) in [5, 5.41) is 18.2. The number of unbranched alkanes of at least 4 members (excludes halogenated alkanes) is 1. The summed E-state index contributed by atoms with van der Waals surface area (Å²) in [5.74, 6) is -0.400. The van der Waals surface area contributed by atoms with Crippen molar-refractivity contribution < 1.29 is 19.5 Å². The normalized spacial score (nSPS) is 25.1. The van der Waals surface area contributed by atoms with E-state index < -0.39 is 12.0 Å². The molecule has 2 saturated heterocycles. The predicted molar refractivity (Wildman–Crippen MR) is 98.9 cm³/mol. The summed E-state index contributed by atoms with van der Waals surface area (Å²) in [6, 6.07) is 7.96. The van der Waals surface area contributed by atoms with Gasteiger partial charge in [-0.2, -0.15) is 11.8 Å². The number of hydrogen-bond donors (Lipinski definition) is 4. The molecule has 0 spiro atoms. The zero-order valence-electron chi connectivity index (χ0n) is 14.3. The monoisotopic (exact) mass is 377 g/mol. The minimum absolute atomic E-state index is 0.0923. The van der Waals surface area contributed by atoms with Crippen LogP contribution in [0.2, 0.25) is 0 Å². The second kappa shape index (κ2) is 8.44. The highest BCUT2D eigenvalue weighted by Crippen LogP contribution is 2.33. The highest BCUT2D eigenvalue weighted by Gasteiger charge is 2.42. The van der Waals surface area contributed by atoms with Crippen molar-refractivity contribution in [1.82, 2.24) is 16.0 Å². The fourth-order valence-corrected chi connectivity index (χ4v) is 4.98. The van der Waals surface area contributed by atoms with Gasteiger partial charge in [0.1, 0.15) is 0 Å². The molecule has 26 heavy (non-hydrogen) atoms. The molecule has 0 bridgehead atoms. The van der Waals surface area contributed by atoms with Crippen molar-refractivity contribution in [3.05, 3.63) is 35.9 Å². The van der Waals surface area contributed by atoms with Crippen molar-refractivity contribution in [2.75, 3.05) is 5.75 Å². The number of aliphatic carboxylic acids is 1. The van der Waals surface area contributed by atoms with Crippen LogP contribution in [-0.4, -0.2) is 46.1 Å². The van der Waals surface area contributed by atoms with Crippen LogP contribution >= 0.6 is 11.8 Å². The largest absolute Gasteiger partial charge is 0.479 e. The molecule has 3 amide bonds. The zero-order valence-corrected chi connectivity index (χ0v) is 15.1. The average molecular weight is 377 g/mol. The van der Waals surface area contributed by atoms with Crippen LogP contribution < -0.4 is 16.0 Å². The summed E-state index contributed by atoms with van der Waals surface area (Å²) < 4.78 is 0. The second-order valence-electron chi connectivity index (χ2n) is 6.62. The van der Waals surface area contributed by atoms with Gasteiger partial charge in [0, 0.05) is 17.4 Å². The average Bonchev–Trinajstić information content (AvgIpc) is 3.16. The summed E-state index contributed by atoms with van der Waals surface area (Å²) in [7, 11) is 0. The van der Waals surface area contributed by atoms with E-state index in [2.05, 4.69) is 16.0 Å². The van der Waals surface area contributed by atoms with Crippen molar-refractivity contribution >= 4 is 29.7 Å². The Kier molecular flexibility index (Phi) is 6.03. The maximum absolute atomic E-state index is 12.1. The number of carbonyl (C=O) groups excluding carboxylic acids is 2. The van der Waals surface area contributed by atoms with Crippen LogP contribution in [0.5, 0.6) is 0 Å². The SMILES string of the molecule is O=C(CCCC[C@@H]1SC[C@@H]2NC(=O)N[C@@H]21)NC(C(=O)O)c1ccccc1. The van der Waals surface area contributed by atoms with E-state index in [9.17, 15) is 19.5 Å². The molecule has 8 heteroatoms. The Labute approximate surface area is 156 Å². The van der Waals surface area contributed by atoms with Crippen LogP contribution in [0.15, 0.2) is 30.3 Å². The van der Waals surface area contributed by atoms with Gasteiger partial charge in [0.15, 0.2) is 6.04 Å². The molecule has 0 aliphatic carbocycles. The lowest BCUT2D eigenvalue weighted by Gasteiger charge is -2.17. The molecule has 1 unspecified atom stereocenters. The second-order valence-corrected chi connectivity index (χ2v) is 7.89. The minimum Gasteiger partial charge on any atom is -0.479 e. The predicted octanol–water partition coefficient (Wildman–Crippen LogP) is 1.65. The van der Waals surface area contributed by atoms with Crippen molar-refractivity contribution in [2.24, 2.45) is 0 Å². The standard InChI is InChI=1S/C18H23N3O4S/c22-14(20-15(17(23)24)11-6-2-1-3-7-11)9-5-4-8-13-16-12(10-26-13)19-18(25)21-16/h1-3,6-7,12-13,15-16H,4-5,8-10H2,(H,20,22)(H,23,24)(H2,19,21,25)/t12-,13-,15?,16-/m0/s1. The summed E-state index contributed by atoms with van der Waals surface area (Å²) in [5.41, 5.74) is 0.561. The molecule has 2 aliphatic rings. The molecule has 3 rings (SSSR count). The lowest BCUT2D eigenvalue weighted by Crippen LogP contribution is -2.36. The van der Waals surface area contributed by atoms with Crippen molar-refractivity contribution in [1.29, 1.82) is 0 Å². The van der Waals surface area contributed by atoms with Crippen LogP contribution in [0.3, 0.4) is 0 Å². The van der Waals surface area contributed by atoms with Gasteiger partial charge in [-0.05, 0) is 18.4 Å². The number of benzene rings is 1. The number of amides is 3. The number of urea groups is 1. The molecule has 1 aromatic rings. The van der Waals surface area contributed by atoms with Crippen LogP contribution in [0.1, 0.15) is 37.3 Å². The number of carboxylic acid groups (broad SMARTS) is 1. The quantitative estimate of drug-likeness (QED) is 0.407. The van der Waals surface area contributed by atoms with E-state index in [0.29, 0.717) is 23.7 Å². The maximum Gasteiger partial charge on any atom is 0.330 e. The van der Waals surface area contributed by atoms with Crippen LogP contribution in [-0.2, 0) is 9.59 Å². The Morgan fingerprint density at radius 2 is 2.00 bits per heavy atom. The fraction of sp³-hybridized carbons (Fsp3) is 0.500. The molecule has 0 radical (unpaired) electrons. The molecule has 1 aromatic carbocycles. The van der Waals surface area contributed by atoms with Crippen molar-refractivity contribution in [3.8, 4) is 0 Å². The molecule has 140 valence electrons. The van der Waals surface area contributed by atoms with Crippen LogP contribution in [0.4, 0.5) is 4.79 Å². The minimum atomic E-state index is -1.07. The third-order valence-corrected chi connectivity index (χ3v) is 6.27. The third-order valence-electron chi connectivity index (χ3n) is 4.77. The molecule has 4 N–H and O–H groups in total. The van der Waals surface area contributed by atoms with Gasteiger partial charge in [0.25, 0.3) is 0 Å². The highest BCUT2D eigenvalue weighted by atomic mass is 32.2. The van der Waals surface area contributed by atoms with E-state index in [1.807, 2.05) is 11.8 Å². The number of thioether (sulfide) groups is 1. The number of carboxylic acids is 1. The molecule has 7 nitrogen and oxygen atoms in total. The summed E-state index contributed by atoms with van der Waals surface area (Å²) in [6.07, 6.45) is 2.80. The van der Waals surface area contributed by atoms with Crippen LogP contribution in [0.25, 0.3) is 0 Å². The van der Waals surface area contributed by atoms with E-state index in [1.165, 1.54) is 0 Å². The van der Waals surface area contributed by atoms with Gasteiger partial charge < -0.3 is 21.1 Å².